The van der Waals surface area contributed by atoms with Crippen LogP contribution >= 0.6 is 0 Å². The highest BCUT2D eigenvalue weighted by molar-refractivity contribution is 7.86. The fraction of sp³-hybridized carbons (Fsp3) is 1.00. The molecule has 0 aromatic heterocycles. The zero-order chi connectivity index (χ0) is 17.6. The van der Waals surface area contributed by atoms with E-state index in [2.05, 4.69) is 0 Å². The number of hydrogen-bond donors (Lipinski definition) is 0. The summed E-state index contributed by atoms with van der Waals surface area (Å²) in [7, 11) is -12.1. The second-order valence-corrected chi connectivity index (χ2v) is 9.97. The molecule has 2 heterocycles. The molecule has 2 bridgehead atoms. The Bertz CT molecular complexity index is 705. The van der Waals surface area contributed by atoms with Crippen LogP contribution in [0.15, 0.2) is 0 Å². The van der Waals surface area contributed by atoms with Gasteiger partial charge in [-0.05, 0) is 0 Å². The highest BCUT2D eigenvalue weighted by Gasteiger charge is 2.56. The van der Waals surface area contributed by atoms with Crippen LogP contribution in [0.2, 0.25) is 0 Å². The first-order chi connectivity index (χ1) is 10.3. The summed E-state index contributed by atoms with van der Waals surface area (Å²) in [5, 5.41) is 0. The van der Waals surface area contributed by atoms with E-state index in [-0.39, 0.29) is 6.61 Å². The van der Waals surface area contributed by atoms with Crippen molar-refractivity contribution in [2.45, 2.75) is 30.7 Å². The highest BCUT2D eigenvalue weighted by Crippen LogP contribution is 2.35. The predicted molar refractivity (Wildman–Crippen MR) is 73.8 cm³/mol. The molecular formula is C9H16O11S3. The molecule has 0 unspecified atom stereocenters. The first-order valence-corrected chi connectivity index (χ1v) is 11.6. The lowest BCUT2D eigenvalue weighted by atomic mass is 10.0. The van der Waals surface area contributed by atoms with Crippen LogP contribution in [0.3, 0.4) is 0 Å². The minimum atomic E-state index is -4.08. The third-order valence-corrected chi connectivity index (χ3v) is 4.59. The van der Waals surface area contributed by atoms with Gasteiger partial charge in [-0.2, -0.15) is 25.3 Å². The Labute approximate surface area is 134 Å². The molecule has 0 amide bonds. The lowest BCUT2D eigenvalue weighted by Crippen LogP contribution is -2.58. The molecule has 14 heteroatoms. The normalized spacial score (nSPS) is 35.3. The van der Waals surface area contributed by atoms with E-state index in [1.165, 1.54) is 0 Å². The van der Waals surface area contributed by atoms with E-state index in [4.69, 9.17) is 22.0 Å². The van der Waals surface area contributed by atoms with E-state index >= 15 is 0 Å². The van der Waals surface area contributed by atoms with E-state index in [1.54, 1.807) is 0 Å². The van der Waals surface area contributed by atoms with Gasteiger partial charge in [0, 0.05) is 0 Å². The summed E-state index contributed by atoms with van der Waals surface area (Å²) in [5.74, 6) is 0. The zero-order valence-electron chi connectivity index (χ0n) is 12.3. The lowest BCUT2D eigenvalue weighted by molar-refractivity contribution is -0.206. The molecule has 11 nitrogen and oxygen atoms in total. The third-order valence-electron chi connectivity index (χ3n) is 2.87. The smallest absolute Gasteiger partial charge is 0.264 e. The lowest BCUT2D eigenvalue weighted by Gasteiger charge is -2.38. The molecule has 0 aromatic rings. The van der Waals surface area contributed by atoms with Crippen LogP contribution in [0.4, 0.5) is 0 Å². The van der Waals surface area contributed by atoms with Crippen molar-refractivity contribution < 1.29 is 47.3 Å². The molecule has 2 saturated heterocycles. The minimum Gasteiger partial charge on any atom is -0.347 e. The number of hydrogen-bond acceptors (Lipinski definition) is 11. The van der Waals surface area contributed by atoms with Gasteiger partial charge in [-0.25, -0.2) is 0 Å². The summed E-state index contributed by atoms with van der Waals surface area (Å²) in [6.07, 6.45) is -4.57. The van der Waals surface area contributed by atoms with Gasteiger partial charge in [-0.3, -0.25) is 12.5 Å². The molecule has 0 aromatic carbocycles. The van der Waals surface area contributed by atoms with Crippen molar-refractivity contribution in [1.82, 2.24) is 0 Å². The van der Waals surface area contributed by atoms with Gasteiger partial charge in [0.1, 0.15) is 18.3 Å². The van der Waals surface area contributed by atoms with Crippen molar-refractivity contribution in [3.63, 3.8) is 0 Å². The molecule has 0 radical (unpaired) electrons. The summed E-state index contributed by atoms with van der Waals surface area (Å²) >= 11 is 0. The standard InChI is InChI=1S/C9H16O11S3/c1-21(10,11)18-6-5-4-16-9(17-5)8(20-23(3,14)15)7(6)19-22(2,12)13/h5-9H,4H2,1-3H3/t5-,6-,7+,8-,9-/m1/s1. The SMILES string of the molecule is CS(=O)(=O)O[C@@H]1[C@@H](OS(C)(=O)=O)[C@@H]2OC[C@@H](O2)[C@H]1OS(C)(=O)=O. The van der Waals surface area contributed by atoms with Crippen LogP contribution in [0, 0.1) is 0 Å². The summed E-state index contributed by atoms with van der Waals surface area (Å²) in [4.78, 5) is 0. The predicted octanol–water partition coefficient (Wildman–Crippen LogP) is -2.22. The van der Waals surface area contributed by atoms with Gasteiger partial charge in [0.25, 0.3) is 30.4 Å². The van der Waals surface area contributed by atoms with E-state index in [0.717, 1.165) is 18.8 Å². The van der Waals surface area contributed by atoms with Gasteiger partial charge >= 0.3 is 0 Å². The van der Waals surface area contributed by atoms with Crippen molar-refractivity contribution in [1.29, 1.82) is 0 Å². The summed E-state index contributed by atoms with van der Waals surface area (Å²) < 4.78 is 93.3. The second-order valence-electron chi connectivity index (χ2n) is 5.17. The monoisotopic (exact) mass is 396 g/mol. The first kappa shape index (κ1) is 19.0. The molecule has 0 spiro atoms. The Kier molecular flexibility index (Phi) is 5.10. The third kappa shape index (κ3) is 5.32. The van der Waals surface area contributed by atoms with E-state index in [0.29, 0.717) is 0 Å². The van der Waals surface area contributed by atoms with Crippen molar-refractivity contribution in [3.8, 4) is 0 Å². The van der Waals surface area contributed by atoms with Crippen molar-refractivity contribution >= 4 is 30.4 Å². The van der Waals surface area contributed by atoms with Crippen molar-refractivity contribution in [2.75, 3.05) is 25.4 Å². The van der Waals surface area contributed by atoms with E-state index in [1.807, 2.05) is 0 Å². The first-order valence-electron chi connectivity index (χ1n) is 6.17. The summed E-state index contributed by atoms with van der Waals surface area (Å²) in [5.41, 5.74) is 0. The van der Waals surface area contributed by atoms with Gasteiger partial charge < -0.3 is 9.47 Å². The molecule has 0 saturated carbocycles. The van der Waals surface area contributed by atoms with Crippen LogP contribution in [-0.4, -0.2) is 81.3 Å². The molecule has 0 aliphatic carbocycles. The zero-order valence-corrected chi connectivity index (χ0v) is 14.8. The van der Waals surface area contributed by atoms with Gasteiger partial charge in [-0.1, -0.05) is 0 Å². The second kappa shape index (κ2) is 6.18. The van der Waals surface area contributed by atoms with Gasteiger partial charge in [0.15, 0.2) is 12.4 Å². The largest absolute Gasteiger partial charge is 0.347 e. The van der Waals surface area contributed by atoms with Crippen LogP contribution in [-0.2, 0) is 52.4 Å². The fourth-order valence-corrected chi connectivity index (χ4v) is 4.13. The fourth-order valence-electron chi connectivity index (χ4n) is 2.27. The maximum absolute atomic E-state index is 11.4. The van der Waals surface area contributed by atoms with Crippen LogP contribution in [0.1, 0.15) is 0 Å². The Morgan fingerprint density at radius 2 is 1.17 bits per heavy atom. The van der Waals surface area contributed by atoms with Gasteiger partial charge in [0.2, 0.25) is 0 Å². The van der Waals surface area contributed by atoms with Gasteiger partial charge in [-0.15, -0.1) is 0 Å². The van der Waals surface area contributed by atoms with E-state index in [9.17, 15) is 25.3 Å². The number of ether oxygens (including phenoxy) is 2. The number of fused-ring (bicyclic) bond motifs is 2. The average molecular weight is 396 g/mol. The molecular weight excluding hydrogens is 380 g/mol. The molecule has 2 rings (SSSR count). The molecule has 0 N–H and O–H groups in total. The molecule has 136 valence electrons. The van der Waals surface area contributed by atoms with E-state index < -0.39 is 61.1 Å². The Hall–Kier alpha value is -0.350. The average Bonchev–Trinajstić information content (AvgIpc) is 2.71. The quantitative estimate of drug-likeness (QED) is 0.449. The number of rotatable bonds is 6. The van der Waals surface area contributed by atoms with Crippen molar-refractivity contribution in [3.05, 3.63) is 0 Å². The topological polar surface area (TPSA) is 149 Å². The molecule has 23 heavy (non-hydrogen) atoms. The summed E-state index contributed by atoms with van der Waals surface area (Å²) in [6.45, 7) is -0.141. The van der Waals surface area contributed by atoms with Crippen molar-refractivity contribution in [2.24, 2.45) is 0 Å². The van der Waals surface area contributed by atoms with Crippen LogP contribution in [0.25, 0.3) is 0 Å². The molecule has 2 fully saturated rings. The van der Waals surface area contributed by atoms with Crippen LogP contribution < -0.4 is 0 Å². The van der Waals surface area contributed by atoms with Gasteiger partial charge in [0.05, 0.1) is 25.4 Å². The summed E-state index contributed by atoms with van der Waals surface area (Å²) in [6, 6.07) is 0. The molecule has 2 aliphatic heterocycles. The van der Waals surface area contributed by atoms with Crippen LogP contribution in [0.5, 0.6) is 0 Å². The molecule has 5 atom stereocenters. The maximum Gasteiger partial charge on any atom is 0.264 e. The highest BCUT2D eigenvalue weighted by atomic mass is 32.2. The Morgan fingerprint density at radius 1 is 0.739 bits per heavy atom. The Morgan fingerprint density at radius 3 is 1.65 bits per heavy atom. The maximum atomic E-state index is 11.4. The minimum absolute atomic E-state index is 0.141. The molecule has 2 aliphatic rings. The Balaban J connectivity index is 2.41.